The van der Waals surface area contributed by atoms with E-state index in [0.29, 0.717) is 30.8 Å². The molecular weight excluding hydrogens is 452 g/mol. The van der Waals surface area contributed by atoms with Gasteiger partial charge in [-0.2, -0.15) is 0 Å². The van der Waals surface area contributed by atoms with Crippen LogP contribution in [0.15, 0.2) is 95.4 Å². The molecule has 2 amide bonds. The normalized spacial score (nSPS) is 12.9. The molecule has 3 aromatic carbocycles. The molecule has 180 valence electrons. The molecule has 0 saturated heterocycles. The number of nitrogens with zero attached hydrogens (tertiary/aromatic N) is 1. The Kier molecular flexibility index (Phi) is 6.67. The summed E-state index contributed by atoms with van der Waals surface area (Å²) in [6.07, 6.45) is 3.96. The molecule has 2 heterocycles. The van der Waals surface area contributed by atoms with Gasteiger partial charge in [-0.15, -0.1) is 0 Å². The number of fused-ring (bicyclic) bond motifs is 1. The molecule has 1 aliphatic heterocycles. The van der Waals surface area contributed by atoms with E-state index in [2.05, 4.69) is 5.32 Å². The molecule has 6 heteroatoms. The highest BCUT2D eigenvalue weighted by Gasteiger charge is 2.25. The van der Waals surface area contributed by atoms with Crippen LogP contribution >= 0.6 is 0 Å². The fraction of sp³-hybridized carbons (Fsp3) is 0.133. The molecule has 36 heavy (non-hydrogen) atoms. The Morgan fingerprint density at radius 2 is 1.72 bits per heavy atom. The SMILES string of the molecule is COc1ccc(C(=O)N2CCc3oc(-c4ccc(NC(=O)C=Cc5ccccc5)cc4)cc3C2)cc1. The van der Waals surface area contributed by atoms with Crippen molar-refractivity contribution in [1.29, 1.82) is 0 Å². The lowest BCUT2D eigenvalue weighted by atomic mass is 10.1. The third kappa shape index (κ3) is 5.23. The predicted octanol–water partition coefficient (Wildman–Crippen LogP) is 5.81. The van der Waals surface area contributed by atoms with Crippen LogP contribution in [-0.2, 0) is 17.8 Å². The molecule has 0 atom stereocenters. The van der Waals surface area contributed by atoms with Crippen LogP contribution in [0.5, 0.6) is 5.75 Å². The lowest BCUT2D eigenvalue weighted by Crippen LogP contribution is -2.35. The number of carbonyl (C=O) groups excluding carboxylic acids is 2. The third-order valence-electron chi connectivity index (χ3n) is 6.15. The molecule has 1 N–H and O–H groups in total. The first-order chi connectivity index (χ1) is 17.6. The van der Waals surface area contributed by atoms with E-state index in [1.54, 1.807) is 37.5 Å². The van der Waals surface area contributed by atoms with Gasteiger partial charge in [-0.05, 0) is 66.2 Å². The number of methoxy groups -OCH3 is 1. The van der Waals surface area contributed by atoms with E-state index >= 15 is 0 Å². The Morgan fingerprint density at radius 1 is 0.972 bits per heavy atom. The average molecular weight is 479 g/mol. The fourth-order valence-electron chi connectivity index (χ4n) is 4.20. The second-order valence-electron chi connectivity index (χ2n) is 8.57. The van der Waals surface area contributed by atoms with Gasteiger partial charge in [-0.3, -0.25) is 9.59 Å². The number of ether oxygens (including phenoxy) is 1. The number of nitrogens with one attached hydrogen (secondary N) is 1. The molecule has 0 unspecified atom stereocenters. The monoisotopic (exact) mass is 478 g/mol. The molecule has 0 aliphatic carbocycles. The van der Waals surface area contributed by atoms with Crippen molar-refractivity contribution < 1.29 is 18.7 Å². The minimum Gasteiger partial charge on any atom is -0.497 e. The van der Waals surface area contributed by atoms with Gasteiger partial charge >= 0.3 is 0 Å². The Hall–Kier alpha value is -4.58. The van der Waals surface area contributed by atoms with E-state index in [1.807, 2.05) is 65.6 Å². The first-order valence-corrected chi connectivity index (χ1v) is 11.8. The van der Waals surface area contributed by atoms with Crippen molar-refractivity contribution in [2.24, 2.45) is 0 Å². The van der Waals surface area contributed by atoms with Crippen molar-refractivity contribution in [3.8, 4) is 17.1 Å². The van der Waals surface area contributed by atoms with Crippen LogP contribution in [0.3, 0.4) is 0 Å². The summed E-state index contributed by atoms with van der Waals surface area (Å²) < 4.78 is 11.3. The minimum absolute atomic E-state index is 0.00698. The lowest BCUT2D eigenvalue weighted by Gasteiger charge is -2.26. The van der Waals surface area contributed by atoms with Crippen molar-refractivity contribution in [2.45, 2.75) is 13.0 Å². The van der Waals surface area contributed by atoms with E-state index in [4.69, 9.17) is 9.15 Å². The summed E-state index contributed by atoms with van der Waals surface area (Å²) in [5.74, 6) is 2.18. The molecule has 0 bridgehead atoms. The molecule has 1 aliphatic rings. The van der Waals surface area contributed by atoms with Crippen LogP contribution in [0.1, 0.15) is 27.2 Å². The molecule has 0 fully saturated rings. The van der Waals surface area contributed by atoms with Crippen molar-refractivity contribution >= 4 is 23.6 Å². The van der Waals surface area contributed by atoms with E-state index in [-0.39, 0.29) is 11.8 Å². The third-order valence-corrected chi connectivity index (χ3v) is 6.15. The number of hydrogen-bond donors (Lipinski definition) is 1. The highest BCUT2D eigenvalue weighted by atomic mass is 16.5. The largest absolute Gasteiger partial charge is 0.497 e. The topological polar surface area (TPSA) is 71.8 Å². The zero-order valence-corrected chi connectivity index (χ0v) is 19.9. The molecule has 0 saturated carbocycles. The number of rotatable bonds is 6. The molecule has 1 aromatic heterocycles. The summed E-state index contributed by atoms with van der Waals surface area (Å²) in [5, 5.41) is 2.87. The summed E-state index contributed by atoms with van der Waals surface area (Å²) >= 11 is 0. The summed E-state index contributed by atoms with van der Waals surface area (Å²) in [7, 11) is 1.60. The van der Waals surface area contributed by atoms with E-state index in [1.165, 1.54) is 6.08 Å². The van der Waals surface area contributed by atoms with Crippen molar-refractivity contribution in [2.75, 3.05) is 19.0 Å². The van der Waals surface area contributed by atoms with Crippen molar-refractivity contribution in [1.82, 2.24) is 4.90 Å². The van der Waals surface area contributed by atoms with Crippen LogP contribution in [0.4, 0.5) is 5.69 Å². The van der Waals surface area contributed by atoms with Crippen LogP contribution in [0.2, 0.25) is 0 Å². The van der Waals surface area contributed by atoms with Gasteiger partial charge < -0.3 is 19.4 Å². The van der Waals surface area contributed by atoms with Gasteiger partial charge in [0.25, 0.3) is 5.91 Å². The standard InChI is InChI=1S/C30H26N2O4/c1-35-26-14-10-23(11-15-26)30(34)32-18-17-27-24(20-32)19-28(36-27)22-8-12-25(13-9-22)31-29(33)16-7-21-5-3-2-4-6-21/h2-16,19H,17-18,20H2,1H3,(H,31,33). The van der Waals surface area contributed by atoms with Crippen LogP contribution in [0, 0.1) is 0 Å². The van der Waals surface area contributed by atoms with Gasteiger partial charge in [0.05, 0.1) is 7.11 Å². The first kappa shape index (κ1) is 23.2. The molecule has 6 nitrogen and oxygen atoms in total. The van der Waals surface area contributed by atoms with Crippen LogP contribution in [-0.4, -0.2) is 30.4 Å². The number of hydrogen-bond acceptors (Lipinski definition) is 4. The fourth-order valence-corrected chi connectivity index (χ4v) is 4.20. The average Bonchev–Trinajstić information content (AvgIpc) is 3.36. The van der Waals surface area contributed by atoms with E-state index < -0.39 is 0 Å². The summed E-state index contributed by atoms with van der Waals surface area (Å²) in [5.41, 5.74) is 4.24. The summed E-state index contributed by atoms with van der Waals surface area (Å²) in [6, 6.07) is 26.4. The van der Waals surface area contributed by atoms with Gasteiger partial charge in [0.1, 0.15) is 17.3 Å². The number of furan rings is 1. The van der Waals surface area contributed by atoms with E-state index in [9.17, 15) is 9.59 Å². The molecule has 0 spiro atoms. The molecular formula is C30H26N2O4. The zero-order valence-electron chi connectivity index (χ0n) is 19.9. The quantitative estimate of drug-likeness (QED) is 0.355. The van der Waals surface area contributed by atoms with Crippen molar-refractivity contribution in [3.63, 3.8) is 0 Å². The maximum absolute atomic E-state index is 13.0. The van der Waals surface area contributed by atoms with Gasteiger partial charge in [-0.25, -0.2) is 0 Å². The maximum atomic E-state index is 13.0. The minimum atomic E-state index is -0.193. The second-order valence-corrected chi connectivity index (χ2v) is 8.57. The second kappa shape index (κ2) is 10.4. The van der Waals surface area contributed by atoms with Gasteiger partial charge in [0.2, 0.25) is 5.91 Å². The van der Waals surface area contributed by atoms with Crippen LogP contribution in [0.25, 0.3) is 17.4 Å². The lowest BCUT2D eigenvalue weighted by molar-refractivity contribution is -0.111. The first-order valence-electron chi connectivity index (χ1n) is 11.8. The number of carbonyl (C=O) groups is 2. The highest BCUT2D eigenvalue weighted by Crippen LogP contribution is 2.31. The maximum Gasteiger partial charge on any atom is 0.254 e. The summed E-state index contributed by atoms with van der Waals surface area (Å²) in [4.78, 5) is 27.0. The zero-order chi connectivity index (χ0) is 24.9. The number of anilines is 1. The van der Waals surface area contributed by atoms with Gasteiger partial charge in [0, 0.05) is 48.0 Å². The highest BCUT2D eigenvalue weighted by molar-refractivity contribution is 6.02. The molecule has 0 radical (unpaired) electrons. The Morgan fingerprint density at radius 3 is 2.44 bits per heavy atom. The predicted molar refractivity (Wildman–Crippen MR) is 140 cm³/mol. The van der Waals surface area contributed by atoms with Crippen LogP contribution < -0.4 is 10.1 Å². The smallest absolute Gasteiger partial charge is 0.254 e. The van der Waals surface area contributed by atoms with Gasteiger partial charge in [0.15, 0.2) is 0 Å². The number of benzene rings is 3. The molecule has 5 rings (SSSR count). The van der Waals surface area contributed by atoms with Gasteiger partial charge in [-0.1, -0.05) is 30.3 Å². The van der Waals surface area contributed by atoms with Crippen molar-refractivity contribution in [3.05, 3.63) is 113 Å². The Labute approximate surface area is 209 Å². The Bertz CT molecular complexity index is 1390. The molecule has 4 aromatic rings. The number of amides is 2. The summed E-state index contributed by atoms with van der Waals surface area (Å²) in [6.45, 7) is 1.11. The van der Waals surface area contributed by atoms with E-state index in [0.717, 1.165) is 34.0 Å². The Balaban J connectivity index is 1.22.